The molecule has 0 spiro atoms. The van der Waals surface area contributed by atoms with E-state index >= 15 is 0 Å². The van der Waals surface area contributed by atoms with Crippen LogP contribution in [-0.2, 0) is 9.84 Å². The molecule has 1 atom stereocenters. The highest BCUT2D eigenvalue weighted by Crippen LogP contribution is 2.26. The highest BCUT2D eigenvalue weighted by Gasteiger charge is 2.12. The van der Waals surface area contributed by atoms with Crippen LogP contribution in [0.15, 0.2) is 24.3 Å². The molecule has 0 saturated heterocycles. The molecule has 0 aliphatic carbocycles. The van der Waals surface area contributed by atoms with Crippen LogP contribution in [-0.4, -0.2) is 27.0 Å². The average Bonchev–Trinajstić information content (AvgIpc) is 2.28. The molecule has 1 aromatic rings. The number of sulfone groups is 1. The van der Waals surface area contributed by atoms with Crippen molar-refractivity contribution in [3.8, 4) is 5.75 Å². The lowest BCUT2D eigenvalue weighted by molar-refractivity contribution is 0.333. The Hall–Kier alpha value is -1.07. The molecule has 1 rings (SSSR count). The van der Waals surface area contributed by atoms with Crippen LogP contribution in [0.2, 0.25) is 0 Å². The molecule has 102 valence electrons. The van der Waals surface area contributed by atoms with Gasteiger partial charge in [0.2, 0.25) is 0 Å². The predicted molar refractivity (Wildman–Crippen MR) is 73.5 cm³/mol. The molecule has 0 aliphatic rings. The molecule has 2 N–H and O–H groups in total. The number of rotatable bonds is 7. The monoisotopic (exact) mass is 271 g/mol. The third kappa shape index (κ3) is 5.06. The van der Waals surface area contributed by atoms with Crippen molar-refractivity contribution in [2.45, 2.75) is 25.8 Å². The number of ether oxygens (including phenoxy) is 1. The fraction of sp³-hybridized carbons (Fsp3) is 0.538. The maximum absolute atomic E-state index is 11.1. The van der Waals surface area contributed by atoms with E-state index in [1.54, 1.807) is 0 Å². The van der Waals surface area contributed by atoms with E-state index in [-0.39, 0.29) is 11.8 Å². The lowest BCUT2D eigenvalue weighted by atomic mass is 10.0. The van der Waals surface area contributed by atoms with Crippen molar-refractivity contribution in [2.24, 2.45) is 5.73 Å². The minimum absolute atomic E-state index is 0.178. The predicted octanol–water partition coefficient (Wildman–Crippen LogP) is 1.91. The largest absolute Gasteiger partial charge is 0.494 e. The van der Waals surface area contributed by atoms with Gasteiger partial charge >= 0.3 is 0 Å². The van der Waals surface area contributed by atoms with Gasteiger partial charge < -0.3 is 10.5 Å². The summed E-state index contributed by atoms with van der Waals surface area (Å²) >= 11 is 0. The Bertz CT molecular complexity index is 471. The third-order valence-corrected chi connectivity index (χ3v) is 3.68. The van der Waals surface area contributed by atoms with Crippen LogP contribution in [0.4, 0.5) is 0 Å². The van der Waals surface area contributed by atoms with E-state index in [4.69, 9.17) is 10.5 Å². The minimum Gasteiger partial charge on any atom is -0.494 e. The van der Waals surface area contributed by atoms with Crippen molar-refractivity contribution in [1.82, 2.24) is 0 Å². The van der Waals surface area contributed by atoms with Gasteiger partial charge in [-0.1, -0.05) is 18.2 Å². The molecule has 0 aromatic heterocycles. The van der Waals surface area contributed by atoms with Crippen LogP contribution < -0.4 is 10.5 Å². The summed E-state index contributed by atoms with van der Waals surface area (Å²) in [7, 11) is -2.91. The van der Waals surface area contributed by atoms with Gasteiger partial charge in [-0.2, -0.15) is 0 Å². The molecule has 18 heavy (non-hydrogen) atoms. The summed E-state index contributed by atoms with van der Waals surface area (Å²) < 4.78 is 27.6. The zero-order valence-electron chi connectivity index (χ0n) is 10.9. The van der Waals surface area contributed by atoms with Crippen LogP contribution in [0.25, 0.3) is 0 Å². The van der Waals surface area contributed by atoms with Crippen LogP contribution in [0, 0.1) is 0 Å². The highest BCUT2D eigenvalue weighted by molar-refractivity contribution is 7.90. The topological polar surface area (TPSA) is 69.4 Å². The first-order valence-electron chi connectivity index (χ1n) is 6.09. The minimum atomic E-state index is -2.91. The van der Waals surface area contributed by atoms with Crippen molar-refractivity contribution < 1.29 is 13.2 Å². The first kappa shape index (κ1) is 15.0. The molecule has 1 aromatic carbocycles. The third-order valence-electron chi connectivity index (χ3n) is 2.65. The Balaban J connectivity index is 2.63. The summed E-state index contributed by atoms with van der Waals surface area (Å²) in [4.78, 5) is 0. The van der Waals surface area contributed by atoms with E-state index in [9.17, 15) is 8.42 Å². The summed E-state index contributed by atoms with van der Waals surface area (Å²) in [5.41, 5.74) is 7.02. The van der Waals surface area contributed by atoms with Gasteiger partial charge in [0.25, 0.3) is 0 Å². The van der Waals surface area contributed by atoms with Gasteiger partial charge in [0.1, 0.15) is 15.6 Å². The Labute approximate surface area is 109 Å². The van der Waals surface area contributed by atoms with Crippen molar-refractivity contribution in [2.75, 3.05) is 18.6 Å². The van der Waals surface area contributed by atoms with Crippen molar-refractivity contribution in [3.05, 3.63) is 29.8 Å². The lowest BCUT2D eigenvalue weighted by Gasteiger charge is -2.16. The molecule has 0 amide bonds. The molecule has 1 unspecified atom stereocenters. The van der Waals surface area contributed by atoms with Crippen molar-refractivity contribution >= 4 is 9.84 Å². The van der Waals surface area contributed by atoms with E-state index in [1.165, 1.54) is 6.26 Å². The molecule has 5 heteroatoms. The summed E-state index contributed by atoms with van der Waals surface area (Å²) in [5.74, 6) is 0.962. The molecular formula is C13H21NO3S. The quantitative estimate of drug-likeness (QED) is 0.822. The standard InChI is InChI=1S/C13H21NO3S/c1-3-17-13-9-5-4-7-11(13)12(14)8-6-10-18(2,15)16/h4-5,7,9,12H,3,6,8,10,14H2,1-2H3. The van der Waals surface area contributed by atoms with E-state index < -0.39 is 9.84 Å². The summed E-state index contributed by atoms with van der Waals surface area (Å²) in [6.07, 6.45) is 2.45. The normalized spacial score (nSPS) is 13.3. The fourth-order valence-corrected chi connectivity index (χ4v) is 2.49. The van der Waals surface area contributed by atoms with Crippen molar-refractivity contribution in [1.29, 1.82) is 0 Å². The van der Waals surface area contributed by atoms with Gasteiger partial charge in [0, 0.05) is 23.6 Å². The second-order valence-corrected chi connectivity index (χ2v) is 6.61. The molecule has 0 saturated carbocycles. The first-order chi connectivity index (χ1) is 8.44. The second-order valence-electron chi connectivity index (χ2n) is 4.35. The molecule has 0 bridgehead atoms. The van der Waals surface area contributed by atoms with E-state index in [1.807, 2.05) is 31.2 Å². The second kappa shape index (κ2) is 6.75. The Morgan fingerprint density at radius 2 is 2.00 bits per heavy atom. The molecule has 0 radical (unpaired) electrons. The highest BCUT2D eigenvalue weighted by atomic mass is 32.2. The summed E-state index contributed by atoms with van der Waals surface area (Å²) in [5, 5.41) is 0. The number of nitrogens with two attached hydrogens (primary N) is 1. The number of hydrogen-bond acceptors (Lipinski definition) is 4. The number of para-hydroxylation sites is 1. The molecular weight excluding hydrogens is 250 g/mol. The van der Waals surface area contributed by atoms with E-state index in [0.29, 0.717) is 19.4 Å². The first-order valence-corrected chi connectivity index (χ1v) is 8.15. The molecule has 0 fully saturated rings. The Morgan fingerprint density at radius 3 is 2.61 bits per heavy atom. The zero-order valence-corrected chi connectivity index (χ0v) is 11.7. The average molecular weight is 271 g/mol. The Morgan fingerprint density at radius 1 is 1.33 bits per heavy atom. The van der Waals surface area contributed by atoms with Gasteiger partial charge in [-0.15, -0.1) is 0 Å². The lowest BCUT2D eigenvalue weighted by Crippen LogP contribution is -2.14. The van der Waals surface area contributed by atoms with Gasteiger partial charge in [-0.05, 0) is 25.8 Å². The SMILES string of the molecule is CCOc1ccccc1C(N)CCCS(C)(=O)=O. The van der Waals surface area contributed by atoms with Gasteiger partial charge in [-0.25, -0.2) is 8.42 Å². The van der Waals surface area contributed by atoms with E-state index in [0.717, 1.165) is 11.3 Å². The van der Waals surface area contributed by atoms with Crippen LogP contribution >= 0.6 is 0 Å². The van der Waals surface area contributed by atoms with Gasteiger partial charge in [0.05, 0.1) is 6.61 Å². The van der Waals surface area contributed by atoms with Crippen molar-refractivity contribution in [3.63, 3.8) is 0 Å². The Kier molecular flexibility index (Phi) is 5.62. The van der Waals surface area contributed by atoms with Crippen LogP contribution in [0.3, 0.4) is 0 Å². The smallest absolute Gasteiger partial charge is 0.147 e. The molecule has 0 aliphatic heterocycles. The number of hydrogen-bond donors (Lipinski definition) is 1. The van der Waals surface area contributed by atoms with Gasteiger partial charge in [0.15, 0.2) is 0 Å². The maximum atomic E-state index is 11.1. The molecule has 0 heterocycles. The van der Waals surface area contributed by atoms with Crippen LogP contribution in [0.1, 0.15) is 31.4 Å². The van der Waals surface area contributed by atoms with Gasteiger partial charge in [-0.3, -0.25) is 0 Å². The maximum Gasteiger partial charge on any atom is 0.147 e. The van der Waals surface area contributed by atoms with E-state index in [2.05, 4.69) is 0 Å². The summed E-state index contributed by atoms with van der Waals surface area (Å²) in [6, 6.07) is 7.44. The summed E-state index contributed by atoms with van der Waals surface area (Å²) in [6.45, 7) is 2.51. The zero-order chi connectivity index (χ0) is 13.6. The fourth-order valence-electron chi connectivity index (χ4n) is 1.79. The van der Waals surface area contributed by atoms with Crippen LogP contribution in [0.5, 0.6) is 5.75 Å². The molecule has 4 nitrogen and oxygen atoms in total. The number of benzene rings is 1.